The molecule has 1 N–H and O–H groups in total. The van der Waals surface area contributed by atoms with E-state index >= 15 is 0 Å². The van der Waals surface area contributed by atoms with Crippen LogP contribution in [0.2, 0.25) is 0 Å². The number of hydrogen-bond donors (Lipinski definition) is 1. The van der Waals surface area contributed by atoms with Crippen molar-refractivity contribution >= 4 is 6.03 Å². The molecular weight excluding hydrogens is 280 g/mol. The topological polar surface area (TPSA) is 59.4 Å². The van der Waals surface area contributed by atoms with E-state index in [0.29, 0.717) is 13.1 Å². The number of ether oxygens (including phenoxy) is 1. The second-order valence-corrected chi connectivity index (χ2v) is 5.96. The molecule has 1 unspecified atom stereocenters. The number of hydrogen-bond acceptors (Lipinski definition) is 3. The molecule has 2 heterocycles. The molecule has 0 aliphatic carbocycles. The van der Waals surface area contributed by atoms with Gasteiger partial charge in [-0.3, -0.25) is 4.68 Å². The highest BCUT2D eigenvalue weighted by atomic mass is 16.5. The molecule has 2 amide bonds. The molecule has 1 saturated heterocycles. The Morgan fingerprint density at radius 1 is 1.50 bits per heavy atom. The smallest absolute Gasteiger partial charge is 0.317 e. The summed E-state index contributed by atoms with van der Waals surface area (Å²) in [5.74, 6) is 0. The Balaban J connectivity index is 1.80. The van der Waals surface area contributed by atoms with Crippen molar-refractivity contribution in [2.24, 2.45) is 0 Å². The third-order valence-corrected chi connectivity index (χ3v) is 4.38. The fourth-order valence-electron chi connectivity index (χ4n) is 2.93. The Hall–Kier alpha value is -1.56. The average molecular weight is 308 g/mol. The number of carbonyl (C=O) groups is 1. The minimum absolute atomic E-state index is 0.0336. The van der Waals surface area contributed by atoms with Crippen molar-refractivity contribution in [3.8, 4) is 0 Å². The Morgan fingerprint density at radius 3 is 2.86 bits per heavy atom. The van der Waals surface area contributed by atoms with E-state index < -0.39 is 0 Å². The van der Waals surface area contributed by atoms with Gasteiger partial charge in [0, 0.05) is 39.0 Å². The first-order valence-electron chi connectivity index (χ1n) is 8.16. The quantitative estimate of drug-likeness (QED) is 0.873. The fraction of sp³-hybridized carbons (Fsp3) is 0.750. The van der Waals surface area contributed by atoms with Gasteiger partial charge in [0.25, 0.3) is 0 Å². The Morgan fingerprint density at radius 2 is 2.27 bits per heavy atom. The minimum Gasteiger partial charge on any atom is -0.376 e. The van der Waals surface area contributed by atoms with Crippen molar-refractivity contribution in [2.75, 3.05) is 26.7 Å². The lowest BCUT2D eigenvalue weighted by Crippen LogP contribution is -2.41. The summed E-state index contributed by atoms with van der Waals surface area (Å²) < 4.78 is 7.53. The fourth-order valence-corrected chi connectivity index (χ4v) is 2.93. The highest BCUT2D eigenvalue weighted by Gasteiger charge is 2.18. The number of carbonyl (C=O) groups excluding carboxylic acids is 1. The van der Waals surface area contributed by atoms with E-state index in [2.05, 4.69) is 24.3 Å². The summed E-state index contributed by atoms with van der Waals surface area (Å²) in [5, 5.41) is 7.47. The standard InChI is InChI=1S/C16H28N4O2/c1-5-20-13(3)15(12(2)18-20)8-9-19(4)16(21)17-11-14-7-6-10-22-14/h14H,5-11H2,1-4H3,(H,17,21). The van der Waals surface area contributed by atoms with Crippen molar-refractivity contribution in [2.45, 2.75) is 52.7 Å². The molecule has 0 bridgehead atoms. The second-order valence-electron chi connectivity index (χ2n) is 5.96. The zero-order valence-electron chi connectivity index (χ0n) is 14.2. The van der Waals surface area contributed by atoms with Crippen molar-refractivity contribution in [1.82, 2.24) is 20.0 Å². The van der Waals surface area contributed by atoms with E-state index in [4.69, 9.17) is 4.74 Å². The summed E-state index contributed by atoms with van der Waals surface area (Å²) in [6, 6.07) is -0.0336. The highest BCUT2D eigenvalue weighted by Crippen LogP contribution is 2.14. The van der Waals surface area contributed by atoms with Crippen molar-refractivity contribution in [3.05, 3.63) is 17.0 Å². The molecule has 6 heteroatoms. The van der Waals surface area contributed by atoms with E-state index in [1.165, 1.54) is 11.3 Å². The summed E-state index contributed by atoms with van der Waals surface area (Å²) in [6.45, 7) is 9.21. The molecule has 6 nitrogen and oxygen atoms in total. The number of nitrogens with one attached hydrogen (secondary N) is 1. The van der Waals surface area contributed by atoms with Crippen LogP contribution in [0.5, 0.6) is 0 Å². The lowest BCUT2D eigenvalue weighted by molar-refractivity contribution is 0.109. The number of rotatable bonds is 6. The molecule has 1 aliphatic heterocycles. The number of nitrogens with zero attached hydrogens (tertiary/aromatic N) is 3. The van der Waals surface area contributed by atoms with Gasteiger partial charge in [0.05, 0.1) is 11.8 Å². The summed E-state index contributed by atoms with van der Waals surface area (Å²) >= 11 is 0. The Kier molecular flexibility index (Phi) is 5.83. The van der Waals surface area contributed by atoms with E-state index in [1.54, 1.807) is 4.90 Å². The minimum atomic E-state index is -0.0336. The van der Waals surface area contributed by atoms with Gasteiger partial charge >= 0.3 is 6.03 Å². The van der Waals surface area contributed by atoms with Crippen LogP contribution in [0, 0.1) is 13.8 Å². The molecule has 1 aliphatic rings. The molecule has 0 spiro atoms. The molecular formula is C16H28N4O2. The van der Waals surface area contributed by atoms with Gasteiger partial charge in [-0.15, -0.1) is 0 Å². The number of aryl methyl sites for hydroxylation is 2. The van der Waals surface area contributed by atoms with Crippen molar-refractivity contribution in [1.29, 1.82) is 0 Å². The van der Waals surface area contributed by atoms with Crippen LogP contribution in [0.15, 0.2) is 0 Å². The molecule has 2 rings (SSSR count). The van der Waals surface area contributed by atoms with E-state index in [9.17, 15) is 4.79 Å². The van der Waals surface area contributed by atoms with Crippen LogP contribution >= 0.6 is 0 Å². The van der Waals surface area contributed by atoms with Crippen LogP contribution < -0.4 is 5.32 Å². The molecule has 0 saturated carbocycles. The number of likely N-dealkylation sites (N-methyl/N-ethyl adjacent to an activating group) is 1. The monoisotopic (exact) mass is 308 g/mol. The van der Waals surface area contributed by atoms with Gasteiger partial charge in [-0.25, -0.2) is 4.79 Å². The third-order valence-electron chi connectivity index (χ3n) is 4.38. The van der Waals surface area contributed by atoms with E-state index in [1.807, 2.05) is 18.7 Å². The highest BCUT2D eigenvalue weighted by molar-refractivity contribution is 5.73. The average Bonchev–Trinajstić information content (AvgIpc) is 3.11. The summed E-state index contributed by atoms with van der Waals surface area (Å²) in [6.07, 6.45) is 3.15. The maximum Gasteiger partial charge on any atom is 0.317 e. The number of amides is 2. The second kappa shape index (κ2) is 7.63. The lowest BCUT2D eigenvalue weighted by atomic mass is 10.1. The van der Waals surface area contributed by atoms with Crippen LogP contribution in [0.1, 0.15) is 36.7 Å². The first-order chi connectivity index (χ1) is 10.5. The van der Waals surface area contributed by atoms with Gasteiger partial charge in [0.15, 0.2) is 0 Å². The van der Waals surface area contributed by atoms with Crippen LogP contribution in [-0.4, -0.2) is 53.6 Å². The first kappa shape index (κ1) is 16.8. The van der Waals surface area contributed by atoms with E-state index in [0.717, 1.165) is 38.1 Å². The predicted molar refractivity (Wildman–Crippen MR) is 86.1 cm³/mol. The molecule has 0 radical (unpaired) electrons. The first-order valence-corrected chi connectivity index (χ1v) is 8.16. The van der Waals surface area contributed by atoms with Gasteiger partial charge < -0.3 is 15.0 Å². The summed E-state index contributed by atoms with van der Waals surface area (Å²) in [4.78, 5) is 13.8. The maximum absolute atomic E-state index is 12.1. The van der Waals surface area contributed by atoms with Crippen molar-refractivity contribution in [3.63, 3.8) is 0 Å². The number of aromatic nitrogens is 2. The third kappa shape index (κ3) is 4.00. The largest absolute Gasteiger partial charge is 0.376 e. The van der Waals surface area contributed by atoms with Crippen LogP contribution in [0.4, 0.5) is 4.79 Å². The van der Waals surface area contributed by atoms with Gasteiger partial charge in [0.1, 0.15) is 0 Å². The molecule has 22 heavy (non-hydrogen) atoms. The normalized spacial score (nSPS) is 17.7. The van der Waals surface area contributed by atoms with Crippen molar-refractivity contribution < 1.29 is 9.53 Å². The van der Waals surface area contributed by atoms with Gasteiger partial charge in [-0.1, -0.05) is 0 Å². The molecule has 1 atom stereocenters. The Labute approximate surface area is 132 Å². The molecule has 1 aromatic rings. The zero-order valence-corrected chi connectivity index (χ0v) is 14.2. The SMILES string of the molecule is CCn1nc(C)c(CCN(C)C(=O)NCC2CCCO2)c1C. The maximum atomic E-state index is 12.1. The van der Waals surface area contributed by atoms with Crippen LogP contribution in [0.25, 0.3) is 0 Å². The lowest BCUT2D eigenvalue weighted by Gasteiger charge is -2.19. The zero-order chi connectivity index (χ0) is 16.1. The van der Waals surface area contributed by atoms with Crippen LogP contribution in [-0.2, 0) is 17.7 Å². The Bertz CT molecular complexity index is 506. The molecule has 1 aromatic heterocycles. The molecule has 1 fully saturated rings. The molecule has 0 aromatic carbocycles. The predicted octanol–water partition coefficient (Wildman–Crippen LogP) is 1.88. The summed E-state index contributed by atoms with van der Waals surface area (Å²) in [5.41, 5.74) is 3.52. The number of urea groups is 1. The van der Waals surface area contributed by atoms with Crippen LogP contribution in [0.3, 0.4) is 0 Å². The van der Waals surface area contributed by atoms with Gasteiger partial charge in [-0.05, 0) is 45.6 Å². The van der Waals surface area contributed by atoms with Gasteiger partial charge in [-0.2, -0.15) is 5.10 Å². The van der Waals surface area contributed by atoms with Gasteiger partial charge in [0.2, 0.25) is 0 Å². The summed E-state index contributed by atoms with van der Waals surface area (Å²) in [7, 11) is 1.83. The molecule has 124 valence electrons. The van der Waals surface area contributed by atoms with E-state index in [-0.39, 0.29) is 12.1 Å².